The van der Waals surface area contributed by atoms with E-state index in [4.69, 9.17) is 5.11 Å². The van der Waals surface area contributed by atoms with Crippen LogP contribution < -0.4 is 0 Å². The van der Waals surface area contributed by atoms with Crippen LogP contribution in [0.15, 0.2) is 18.2 Å². The van der Waals surface area contributed by atoms with Gasteiger partial charge >= 0.3 is 11.7 Å². The molecule has 0 aliphatic carbocycles. The fourth-order valence-electron chi connectivity index (χ4n) is 1.01. The molecule has 0 heterocycles. The molecule has 0 amide bonds. The molecule has 84 valence electrons. The first-order valence-corrected chi connectivity index (χ1v) is 3.96. The summed E-state index contributed by atoms with van der Waals surface area (Å²) in [6.45, 7) is 0. The van der Waals surface area contributed by atoms with Crippen LogP contribution in [0.4, 0.5) is 14.5 Å². The maximum atomic E-state index is 13.3. The monoisotopic (exact) mass is 229 g/mol. The molecule has 0 aliphatic rings. The Balaban J connectivity index is 3.29. The normalized spacial score (nSPS) is 10.6. The SMILES string of the molecule is O=C(O)/C=C/c1cc(F)cc([N+](=O)[O-])c1F. The van der Waals surface area contributed by atoms with Crippen molar-refractivity contribution in [3.8, 4) is 0 Å². The number of carboxylic acids is 1. The summed E-state index contributed by atoms with van der Waals surface area (Å²) in [5.74, 6) is -3.66. The average molecular weight is 229 g/mol. The number of benzene rings is 1. The Morgan fingerprint density at radius 3 is 2.56 bits per heavy atom. The van der Waals surface area contributed by atoms with Crippen molar-refractivity contribution in [1.82, 2.24) is 0 Å². The van der Waals surface area contributed by atoms with Crippen LogP contribution in [0, 0.1) is 21.7 Å². The lowest BCUT2D eigenvalue weighted by Gasteiger charge is -1.98. The van der Waals surface area contributed by atoms with Crippen LogP contribution in [0.5, 0.6) is 0 Å². The average Bonchev–Trinajstić information content (AvgIpc) is 2.18. The largest absolute Gasteiger partial charge is 0.478 e. The quantitative estimate of drug-likeness (QED) is 0.488. The summed E-state index contributed by atoms with van der Waals surface area (Å²) in [6.07, 6.45) is 1.30. The van der Waals surface area contributed by atoms with E-state index in [1.54, 1.807) is 0 Å². The molecule has 0 radical (unpaired) electrons. The lowest BCUT2D eigenvalue weighted by molar-refractivity contribution is -0.387. The molecule has 0 fully saturated rings. The topological polar surface area (TPSA) is 80.4 Å². The Morgan fingerprint density at radius 1 is 1.44 bits per heavy atom. The van der Waals surface area contributed by atoms with Crippen LogP contribution >= 0.6 is 0 Å². The van der Waals surface area contributed by atoms with Crippen molar-refractivity contribution in [2.45, 2.75) is 0 Å². The molecule has 1 aromatic carbocycles. The van der Waals surface area contributed by atoms with Crippen LogP contribution in [0.1, 0.15) is 5.56 Å². The number of rotatable bonds is 3. The minimum absolute atomic E-state index is 0.424. The first-order valence-electron chi connectivity index (χ1n) is 3.96. The van der Waals surface area contributed by atoms with E-state index in [1.165, 1.54) is 0 Å². The van der Waals surface area contributed by atoms with Gasteiger partial charge in [-0.15, -0.1) is 0 Å². The third kappa shape index (κ3) is 2.59. The molecule has 1 N–H and O–H groups in total. The van der Waals surface area contributed by atoms with Crippen molar-refractivity contribution in [3.63, 3.8) is 0 Å². The second kappa shape index (κ2) is 4.47. The van der Waals surface area contributed by atoms with Gasteiger partial charge in [0.05, 0.1) is 11.0 Å². The second-order valence-electron chi connectivity index (χ2n) is 2.76. The van der Waals surface area contributed by atoms with Gasteiger partial charge < -0.3 is 5.11 Å². The number of halogens is 2. The zero-order valence-electron chi connectivity index (χ0n) is 7.68. The van der Waals surface area contributed by atoms with Gasteiger partial charge in [-0.25, -0.2) is 9.18 Å². The van der Waals surface area contributed by atoms with Crippen molar-refractivity contribution in [2.75, 3.05) is 0 Å². The fourth-order valence-corrected chi connectivity index (χ4v) is 1.01. The van der Waals surface area contributed by atoms with Gasteiger partial charge in [-0.2, -0.15) is 4.39 Å². The molecule has 0 bridgehead atoms. The zero-order chi connectivity index (χ0) is 12.3. The maximum absolute atomic E-state index is 13.3. The zero-order valence-corrected chi connectivity index (χ0v) is 7.68. The van der Waals surface area contributed by atoms with Crippen molar-refractivity contribution < 1.29 is 23.6 Å². The molecule has 0 atom stereocenters. The highest BCUT2D eigenvalue weighted by Gasteiger charge is 2.18. The van der Waals surface area contributed by atoms with Gasteiger partial charge in [0.2, 0.25) is 5.82 Å². The maximum Gasteiger partial charge on any atom is 0.328 e. The summed E-state index contributed by atoms with van der Waals surface area (Å²) in [6, 6.07) is 1.09. The number of aliphatic carboxylic acids is 1. The van der Waals surface area contributed by atoms with Gasteiger partial charge in [0.25, 0.3) is 0 Å². The number of hydrogen-bond donors (Lipinski definition) is 1. The Morgan fingerprint density at radius 2 is 2.06 bits per heavy atom. The molecule has 1 aromatic rings. The molecule has 5 nitrogen and oxygen atoms in total. The van der Waals surface area contributed by atoms with E-state index < -0.39 is 33.8 Å². The first kappa shape index (κ1) is 11.8. The van der Waals surface area contributed by atoms with Gasteiger partial charge in [-0.3, -0.25) is 10.1 Å². The highest BCUT2D eigenvalue weighted by atomic mass is 19.1. The number of carbonyl (C=O) groups is 1. The molecule has 0 saturated carbocycles. The van der Waals surface area contributed by atoms with Gasteiger partial charge in [-0.1, -0.05) is 0 Å². The Kier molecular flexibility index (Phi) is 3.29. The molecule has 0 saturated heterocycles. The van der Waals surface area contributed by atoms with Crippen LogP contribution in [0.2, 0.25) is 0 Å². The van der Waals surface area contributed by atoms with Crippen LogP contribution in [0.25, 0.3) is 6.08 Å². The van der Waals surface area contributed by atoms with Crippen molar-refractivity contribution in [3.05, 3.63) is 45.5 Å². The van der Waals surface area contributed by atoms with E-state index in [0.717, 1.165) is 6.08 Å². The lowest BCUT2D eigenvalue weighted by atomic mass is 10.1. The van der Waals surface area contributed by atoms with E-state index in [9.17, 15) is 23.7 Å². The number of carboxylic acid groups (broad SMARTS) is 1. The minimum atomic E-state index is -1.37. The van der Waals surface area contributed by atoms with E-state index in [1.807, 2.05) is 0 Å². The number of hydrogen-bond acceptors (Lipinski definition) is 3. The number of nitrogens with zero attached hydrogens (tertiary/aromatic N) is 1. The van der Waals surface area contributed by atoms with Gasteiger partial charge in [0.1, 0.15) is 5.82 Å². The van der Waals surface area contributed by atoms with E-state index in [-0.39, 0.29) is 0 Å². The predicted octanol–water partition coefficient (Wildman–Crippen LogP) is 1.97. The Bertz CT molecular complexity index is 485. The fraction of sp³-hybridized carbons (Fsp3) is 0. The molecular weight excluding hydrogens is 224 g/mol. The van der Waals surface area contributed by atoms with E-state index >= 15 is 0 Å². The number of nitro benzene ring substituents is 1. The van der Waals surface area contributed by atoms with Crippen molar-refractivity contribution >= 4 is 17.7 Å². The molecule has 7 heteroatoms. The highest BCUT2D eigenvalue weighted by Crippen LogP contribution is 2.23. The molecule has 0 aliphatic heterocycles. The predicted molar refractivity (Wildman–Crippen MR) is 49.7 cm³/mol. The third-order valence-electron chi connectivity index (χ3n) is 1.65. The summed E-state index contributed by atoms with van der Waals surface area (Å²) in [5, 5.41) is 18.6. The van der Waals surface area contributed by atoms with Gasteiger partial charge in [0, 0.05) is 11.6 Å². The molecule has 0 unspecified atom stereocenters. The lowest BCUT2D eigenvalue weighted by Crippen LogP contribution is -1.97. The van der Waals surface area contributed by atoms with Crippen LogP contribution in [-0.4, -0.2) is 16.0 Å². The molecule has 0 aromatic heterocycles. The smallest absolute Gasteiger partial charge is 0.328 e. The van der Waals surface area contributed by atoms with E-state index in [0.29, 0.717) is 18.2 Å². The summed E-state index contributed by atoms with van der Waals surface area (Å²) in [5.41, 5.74) is -1.53. The molecule has 16 heavy (non-hydrogen) atoms. The van der Waals surface area contributed by atoms with Crippen molar-refractivity contribution in [1.29, 1.82) is 0 Å². The highest BCUT2D eigenvalue weighted by molar-refractivity contribution is 5.85. The standard InChI is InChI=1S/C9H5F2NO4/c10-6-3-5(1-2-8(13)14)9(11)7(4-6)12(15)16/h1-4H,(H,13,14)/b2-1+. The Labute approximate surface area is 87.8 Å². The first-order chi connectivity index (χ1) is 7.41. The van der Waals surface area contributed by atoms with Gasteiger partial charge in [-0.05, 0) is 12.1 Å². The summed E-state index contributed by atoms with van der Waals surface area (Å²) >= 11 is 0. The third-order valence-corrected chi connectivity index (χ3v) is 1.65. The summed E-state index contributed by atoms with van der Waals surface area (Å²) < 4.78 is 26.1. The Hall–Kier alpha value is -2.31. The minimum Gasteiger partial charge on any atom is -0.478 e. The van der Waals surface area contributed by atoms with Gasteiger partial charge in [0.15, 0.2) is 0 Å². The van der Waals surface area contributed by atoms with Crippen molar-refractivity contribution in [2.24, 2.45) is 0 Å². The summed E-state index contributed by atoms with van der Waals surface area (Å²) in [4.78, 5) is 19.4. The van der Waals surface area contributed by atoms with E-state index in [2.05, 4.69) is 0 Å². The van der Waals surface area contributed by atoms with Crippen LogP contribution in [0.3, 0.4) is 0 Å². The second-order valence-corrected chi connectivity index (χ2v) is 2.76. The molecule has 0 spiro atoms. The molecular formula is C9H5F2NO4. The molecule has 1 rings (SSSR count). The van der Waals surface area contributed by atoms with Crippen LogP contribution in [-0.2, 0) is 4.79 Å². The summed E-state index contributed by atoms with van der Waals surface area (Å²) in [7, 11) is 0. The number of nitro groups is 1.